The predicted octanol–water partition coefficient (Wildman–Crippen LogP) is 2.03. The van der Waals surface area contributed by atoms with Crippen molar-refractivity contribution in [3.05, 3.63) is 28.8 Å². The Labute approximate surface area is 93.1 Å². The zero-order chi connectivity index (χ0) is 11.3. The highest BCUT2D eigenvalue weighted by Crippen LogP contribution is 2.22. The van der Waals surface area contributed by atoms with Gasteiger partial charge in [0, 0.05) is 5.02 Å². The monoisotopic (exact) mass is 229 g/mol. The fourth-order valence-electron chi connectivity index (χ4n) is 1.05. The molecule has 0 aromatic heterocycles. The first-order chi connectivity index (χ1) is 7.19. The normalized spacial score (nSPS) is 9.80. The van der Waals surface area contributed by atoms with E-state index in [-0.39, 0.29) is 5.91 Å². The zero-order valence-corrected chi connectivity index (χ0v) is 9.30. The first-order valence-electron chi connectivity index (χ1n) is 4.44. The summed E-state index contributed by atoms with van der Waals surface area (Å²) in [5, 5.41) is 0.514. The molecule has 1 amide bonds. The molecule has 0 fully saturated rings. The number of hydrogen-bond donors (Lipinski definition) is 1. The van der Waals surface area contributed by atoms with E-state index >= 15 is 0 Å². The first-order valence-corrected chi connectivity index (χ1v) is 4.82. The van der Waals surface area contributed by atoms with Crippen molar-refractivity contribution < 1.29 is 14.4 Å². The van der Waals surface area contributed by atoms with Crippen LogP contribution in [0, 0.1) is 0 Å². The Morgan fingerprint density at radius 2 is 2.27 bits per heavy atom. The van der Waals surface area contributed by atoms with Crippen LogP contribution in [0.3, 0.4) is 0 Å². The van der Waals surface area contributed by atoms with Crippen LogP contribution in [-0.4, -0.2) is 19.6 Å². The highest BCUT2D eigenvalue weighted by Gasteiger charge is 2.12. The number of halogens is 1. The lowest BCUT2D eigenvalue weighted by molar-refractivity contribution is 0.0362. The highest BCUT2D eigenvalue weighted by molar-refractivity contribution is 6.30. The van der Waals surface area contributed by atoms with E-state index in [9.17, 15) is 4.79 Å². The number of amides is 1. The van der Waals surface area contributed by atoms with Crippen LogP contribution in [0.1, 0.15) is 17.3 Å². The van der Waals surface area contributed by atoms with Gasteiger partial charge in [0.2, 0.25) is 0 Å². The Morgan fingerprint density at radius 3 is 2.87 bits per heavy atom. The molecule has 0 aliphatic rings. The zero-order valence-electron chi connectivity index (χ0n) is 8.54. The van der Waals surface area contributed by atoms with Gasteiger partial charge in [-0.25, -0.2) is 5.48 Å². The minimum atomic E-state index is -0.356. The van der Waals surface area contributed by atoms with Crippen LogP contribution in [0.4, 0.5) is 0 Å². The molecule has 0 aliphatic carbocycles. The molecule has 0 heterocycles. The van der Waals surface area contributed by atoms with Crippen molar-refractivity contribution in [3.8, 4) is 5.75 Å². The average molecular weight is 230 g/mol. The number of methoxy groups -OCH3 is 1. The number of nitrogens with one attached hydrogen (secondary N) is 1. The van der Waals surface area contributed by atoms with Crippen LogP contribution < -0.4 is 10.2 Å². The van der Waals surface area contributed by atoms with Gasteiger partial charge in [0.05, 0.1) is 19.3 Å². The average Bonchev–Trinajstić information content (AvgIpc) is 2.25. The van der Waals surface area contributed by atoms with Crippen molar-refractivity contribution >= 4 is 17.5 Å². The van der Waals surface area contributed by atoms with E-state index in [1.165, 1.54) is 7.11 Å². The Balaban J connectivity index is 2.87. The lowest BCUT2D eigenvalue weighted by Crippen LogP contribution is -2.24. The second kappa shape index (κ2) is 5.58. The summed E-state index contributed by atoms with van der Waals surface area (Å²) < 4.78 is 5.03. The minimum Gasteiger partial charge on any atom is -0.496 e. The summed E-state index contributed by atoms with van der Waals surface area (Å²) in [5.41, 5.74) is 2.67. The Morgan fingerprint density at radius 1 is 1.53 bits per heavy atom. The summed E-state index contributed by atoms with van der Waals surface area (Å²) in [6.45, 7) is 2.18. The molecule has 0 aliphatic heterocycles. The number of hydrogen-bond acceptors (Lipinski definition) is 3. The Hall–Kier alpha value is -1.26. The molecule has 0 saturated heterocycles. The molecule has 1 rings (SSSR count). The second-order valence-electron chi connectivity index (χ2n) is 2.71. The minimum absolute atomic E-state index is 0.356. The SMILES string of the molecule is CCONC(=O)c1ccc(Cl)cc1OC. The van der Waals surface area contributed by atoms with Crippen molar-refractivity contribution in [2.45, 2.75) is 6.92 Å². The molecule has 0 unspecified atom stereocenters. The summed E-state index contributed by atoms with van der Waals surface area (Å²) in [4.78, 5) is 16.3. The topological polar surface area (TPSA) is 47.6 Å². The van der Waals surface area contributed by atoms with E-state index in [1.54, 1.807) is 25.1 Å². The molecule has 1 N–H and O–H groups in total. The van der Waals surface area contributed by atoms with Crippen molar-refractivity contribution in [1.82, 2.24) is 5.48 Å². The van der Waals surface area contributed by atoms with Crippen molar-refractivity contribution in [3.63, 3.8) is 0 Å². The maximum Gasteiger partial charge on any atom is 0.278 e. The number of hydroxylamine groups is 1. The summed E-state index contributed by atoms with van der Waals surface area (Å²) >= 11 is 5.76. The Kier molecular flexibility index (Phi) is 4.39. The van der Waals surface area contributed by atoms with Crippen molar-refractivity contribution in [2.75, 3.05) is 13.7 Å². The lowest BCUT2D eigenvalue weighted by Gasteiger charge is -2.08. The van der Waals surface area contributed by atoms with Gasteiger partial charge in [-0.05, 0) is 25.1 Å². The highest BCUT2D eigenvalue weighted by atomic mass is 35.5. The van der Waals surface area contributed by atoms with Crippen LogP contribution >= 0.6 is 11.6 Å². The smallest absolute Gasteiger partial charge is 0.278 e. The second-order valence-corrected chi connectivity index (χ2v) is 3.15. The van der Waals surface area contributed by atoms with Gasteiger partial charge in [0.1, 0.15) is 5.75 Å². The summed E-state index contributed by atoms with van der Waals surface area (Å²) in [6, 6.07) is 4.77. The van der Waals surface area contributed by atoms with E-state index in [2.05, 4.69) is 5.48 Å². The third-order valence-corrected chi connectivity index (χ3v) is 1.95. The third-order valence-electron chi connectivity index (χ3n) is 1.72. The van der Waals surface area contributed by atoms with E-state index in [4.69, 9.17) is 21.2 Å². The van der Waals surface area contributed by atoms with Gasteiger partial charge in [-0.2, -0.15) is 0 Å². The molecule has 1 aromatic rings. The quantitative estimate of drug-likeness (QED) is 0.804. The largest absolute Gasteiger partial charge is 0.496 e. The van der Waals surface area contributed by atoms with Crippen molar-refractivity contribution in [2.24, 2.45) is 0 Å². The van der Waals surface area contributed by atoms with Gasteiger partial charge in [-0.3, -0.25) is 9.63 Å². The van der Waals surface area contributed by atoms with Gasteiger partial charge >= 0.3 is 0 Å². The van der Waals surface area contributed by atoms with Gasteiger partial charge in [-0.1, -0.05) is 11.6 Å². The molecule has 82 valence electrons. The fraction of sp³-hybridized carbons (Fsp3) is 0.300. The van der Waals surface area contributed by atoms with Gasteiger partial charge in [0.15, 0.2) is 0 Å². The maximum absolute atomic E-state index is 11.5. The van der Waals surface area contributed by atoms with Crippen LogP contribution in [-0.2, 0) is 4.84 Å². The summed E-state index contributed by atoms with van der Waals surface area (Å²) in [5.74, 6) is 0.0602. The number of rotatable bonds is 4. The maximum atomic E-state index is 11.5. The summed E-state index contributed by atoms with van der Waals surface area (Å²) in [6.07, 6.45) is 0. The third kappa shape index (κ3) is 3.11. The molecular weight excluding hydrogens is 218 g/mol. The van der Waals surface area contributed by atoms with Gasteiger partial charge < -0.3 is 4.74 Å². The number of carbonyl (C=O) groups excluding carboxylic acids is 1. The van der Waals surface area contributed by atoms with Gasteiger partial charge in [0.25, 0.3) is 5.91 Å². The first kappa shape index (κ1) is 11.8. The van der Waals surface area contributed by atoms with E-state index in [0.29, 0.717) is 22.9 Å². The molecule has 0 atom stereocenters. The molecule has 1 aromatic carbocycles. The molecule has 0 radical (unpaired) electrons. The fourth-order valence-corrected chi connectivity index (χ4v) is 1.21. The lowest BCUT2D eigenvalue weighted by atomic mass is 10.2. The predicted molar refractivity (Wildman–Crippen MR) is 57.1 cm³/mol. The van der Waals surface area contributed by atoms with Crippen molar-refractivity contribution in [1.29, 1.82) is 0 Å². The van der Waals surface area contributed by atoms with Crippen LogP contribution in [0.15, 0.2) is 18.2 Å². The van der Waals surface area contributed by atoms with E-state index < -0.39 is 0 Å². The molecule has 15 heavy (non-hydrogen) atoms. The molecule has 0 bridgehead atoms. The van der Waals surface area contributed by atoms with E-state index in [0.717, 1.165) is 0 Å². The summed E-state index contributed by atoms with van der Waals surface area (Å²) in [7, 11) is 1.48. The number of carbonyl (C=O) groups is 1. The molecule has 0 spiro atoms. The number of benzene rings is 1. The molecule has 0 saturated carbocycles. The molecular formula is C10H12ClNO3. The number of ether oxygens (including phenoxy) is 1. The standard InChI is InChI=1S/C10H12ClNO3/c1-3-15-12-10(13)8-5-4-7(11)6-9(8)14-2/h4-6H,3H2,1-2H3,(H,12,13). The van der Waals surface area contributed by atoms with Gasteiger partial charge in [-0.15, -0.1) is 0 Å². The Bertz CT molecular complexity index is 355. The molecule has 4 nitrogen and oxygen atoms in total. The molecule has 5 heteroatoms. The van der Waals surface area contributed by atoms with Crippen LogP contribution in [0.2, 0.25) is 5.02 Å². The van der Waals surface area contributed by atoms with E-state index in [1.807, 2.05) is 0 Å². The van der Waals surface area contributed by atoms with Crippen LogP contribution in [0.25, 0.3) is 0 Å². The van der Waals surface area contributed by atoms with Crippen LogP contribution in [0.5, 0.6) is 5.75 Å².